The standard InChI is InChI=1S/C16H19N3O6/c1-23-11-7-13(25-3)12(24-2)6-10(11)8-17-15(21)9-19-5-4-14(20)18-16(19)22/h4-7H,8-9H2,1-3H3,(H,17,21)(H,18,20,22). The number of H-pyrrole nitrogens is 1. The van der Waals surface area contributed by atoms with Crippen LogP contribution < -0.4 is 30.8 Å². The summed E-state index contributed by atoms with van der Waals surface area (Å²) in [4.78, 5) is 36.7. The van der Waals surface area contributed by atoms with Gasteiger partial charge in [-0.05, 0) is 6.07 Å². The van der Waals surface area contributed by atoms with Crippen molar-refractivity contribution in [2.24, 2.45) is 0 Å². The number of ether oxygens (including phenoxy) is 3. The van der Waals surface area contributed by atoms with Crippen LogP contribution in [0.1, 0.15) is 5.56 Å². The van der Waals surface area contributed by atoms with Gasteiger partial charge in [-0.3, -0.25) is 19.1 Å². The van der Waals surface area contributed by atoms with Gasteiger partial charge in [0.25, 0.3) is 5.56 Å². The first-order chi connectivity index (χ1) is 12.0. The number of aromatic nitrogens is 2. The second-order valence-electron chi connectivity index (χ2n) is 5.03. The van der Waals surface area contributed by atoms with E-state index in [1.807, 2.05) is 0 Å². The number of hydrogen-bond donors (Lipinski definition) is 2. The molecule has 25 heavy (non-hydrogen) atoms. The molecule has 1 aromatic carbocycles. The summed E-state index contributed by atoms with van der Waals surface area (Å²) >= 11 is 0. The molecule has 0 spiro atoms. The van der Waals surface area contributed by atoms with Crippen LogP contribution in [0.2, 0.25) is 0 Å². The highest BCUT2D eigenvalue weighted by Crippen LogP contribution is 2.34. The van der Waals surface area contributed by atoms with Gasteiger partial charge in [-0.1, -0.05) is 0 Å². The maximum absolute atomic E-state index is 12.0. The molecule has 9 nitrogen and oxygen atoms in total. The highest BCUT2D eigenvalue weighted by molar-refractivity contribution is 5.75. The molecule has 1 aromatic heterocycles. The van der Waals surface area contributed by atoms with E-state index < -0.39 is 17.2 Å². The number of benzene rings is 1. The van der Waals surface area contributed by atoms with Crippen LogP contribution in [-0.2, 0) is 17.9 Å². The quantitative estimate of drug-likeness (QED) is 0.721. The molecule has 0 aliphatic rings. The number of methoxy groups -OCH3 is 3. The van der Waals surface area contributed by atoms with E-state index in [2.05, 4.69) is 10.3 Å². The van der Waals surface area contributed by atoms with Gasteiger partial charge >= 0.3 is 5.69 Å². The van der Waals surface area contributed by atoms with Crippen LogP contribution in [0.15, 0.2) is 34.0 Å². The van der Waals surface area contributed by atoms with Crippen molar-refractivity contribution in [3.05, 3.63) is 50.8 Å². The van der Waals surface area contributed by atoms with E-state index >= 15 is 0 Å². The van der Waals surface area contributed by atoms with Gasteiger partial charge in [-0.2, -0.15) is 0 Å². The molecule has 2 N–H and O–H groups in total. The average Bonchev–Trinajstić information content (AvgIpc) is 2.61. The molecule has 2 aromatic rings. The van der Waals surface area contributed by atoms with Crippen molar-refractivity contribution in [1.82, 2.24) is 14.9 Å². The van der Waals surface area contributed by atoms with E-state index in [1.54, 1.807) is 12.1 Å². The topological polar surface area (TPSA) is 112 Å². The summed E-state index contributed by atoms with van der Waals surface area (Å²) in [6.07, 6.45) is 1.26. The fourth-order valence-corrected chi connectivity index (χ4v) is 2.20. The average molecular weight is 349 g/mol. The zero-order valence-corrected chi connectivity index (χ0v) is 14.1. The molecule has 0 unspecified atom stereocenters. The van der Waals surface area contributed by atoms with E-state index in [-0.39, 0.29) is 13.1 Å². The van der Waals surface area contributed by atoms with E-state index in [4.69, 9.17) is 14.2 Å². The van der Waals surface area contributed by atoms with Crippen molar-refractivity contribution >= 4 is 5.91 Å². The third kappa shape index (κ3) is 4.40. The predicted molar refractivity (Wildman–Crippen MR) is 89.3 cm³/mol. The zero-order valence-electron chi connectivity index (χ0n) is 14.1. The van der Waals surface area contributed by atoms with Crippen LogP contribution in [0.4, 0.5) is 0 Å². The third-order valence-electron chi connectivity index (χ3n) is 3.47. The first kappa shape index (κ1) is 18.1. The van der Waals surface area contributed by atoms with Crippen molar-refractivity contribution in [2.45, 2.75) is 13.1 Å². The molecule has 1 amide bonds. The van der Waals surface area contributed by atoms with Crippen LogP contribution >= 0.6 is 0 Å². The van der Waals surface area contributed by atoms with Crippen molar-refractivity contribution in [1.29, 1.82) is 0 Å². The molecule has 9 heteroatoms. The fourth-order valence-electron chi connectivity index (χ4n) is 2.20. The van der Waals surface area contributed by atoms with Crippen LogP contribution in [0, 0.1) is 0 Å². The summed E-state index contributed by atoms with van der Waals surface area (Å²) in [6.45, 7) is -0.0499. The molecular formula is C16H19N3O6. The Morgan fingerprint density at radius 3 is 2.32 bits per heavy atom. The van der Waals surface area contributed by atoms with Gasteiger partial charge in [0.2, 0.25) is 5.91 Å². The van der Waals surface area contributed by atoms with E-state index in [0.717, 1.165) is 4.57 Å². The van der Waals surface area contributed by atoms with Gasteiger partial charge in [0.1, 0.15) is 12.3 Å². The lowest BCUT2D eigenvalue weighted by Gasteiger charge is -2.14. The minimum absolute atomic E-state index is 0.167. The Morgan fingerprint density at radius 1 is 1.08 bits per heavy atom. The number of aromatic amines is 1. The lowest BCUT2D eigenvalue weighted by Crippen LogP contribution is -2.35. The number of rotatable bonds is 7. The molecule has 0 bridgehead atoms. The molecular weight excluding hydrogens is 330 g/mol. The van der Waals surface area contributed by atoms with Gasteiger partial charge in [0.15, 0.2) is 11.5 Å². The summed E-state index contributed by atoms with van der Waals surface area (Å²) in [7, 11) is 4.53. The zero-order chi connectivity index (χ0) is 18.4. The number of nitrogens with zero attached hydrogens (tertiary/aromatic N) is 1. The Balaban J connectivity index is 2.10. The second-order valence-corrected chi connectivity index (χ2v) is 5.03. The molecule has 0 aliphatic carbocycles. The Kier molecular flexibility index (Phi) is 5.83. The normalized spacial score (nSPS) is 10.2. The molecule has 0 radical (unpaired) electrons. The monoisotopic (exact) mass is 349 g/mol. The summed E-state index contributed by atoms with van der Waals surface area (Å²) in [5.74, 6) is 1.14. The summed E-state index contributed by atoms with van der Waals surface area (Å²) in [5, 5.41) is 2.69. The summed E-state index contributed by atoms with van der Waals surface area (Å²) in [6, 6.07) is 4.53. The van der Waals surface area contributed by atoms with E-state index in [1.165, 1.54) is 33.6 Å². The van der Waals surface area contributed by atoms with Gasteiger partial charge in [-0.25, -0.2) is 4.79 Å². The number of hydrogen-bond acceptors (Lipinski definition) is 6. The molecule has 0 saturated carbocycles. The lowest BCUT2D eigenvalue weighted by molar-refractivity contribution is -0.121. The van der Waals surface area contributed by atoms with Crippen LogP contribution in [-0.4, -0.2) is 36.8 Å². The lowest BCUT2D eigenvalue weighted by atomic mass is 10.1. The number of carbonyl (C=O) groups excluding carboxylic acids is 1. The number of amides is 1. The van der Waals surface area contributed by atoms with Crippen molar-refractivity contribution < 1.29 is 19.0 Å². The molecule has 0 atom stereocenters. The van der Waals surface area contributed by atoms with Gasteiger partial charge < -0.3 is 19.5 Å². The highest BCUT2D eigenvalue weighted by Gasteiger charge is 2.13. The second kappa shape index (κ2) is 8.04. The molecule has 0 aliphatic heterocycles. The summed E-state index contributed by atoms with van der Waals surface area (Å²) < 4.78 is 16.8. The minimum Gasteiger partial charge on any atom is -0.496 e. The van der Waals surface area contributed by atoms with Crippen molar-refractivity contribution in [3.63, 3.8) is 0 Å². The van der Waals surface area contributed by atoms with Crippen molar-refractivity contribution in [2.75, 3.05) is 21.3 Å². The molecule has 1 heterocycles. The first-order valence-corrected chi connectivity index (χ1v) is 7.33. The summed E-state index contributed by atoms with van der Waals surface area (Å²) in [5.41, 5.74) is -0.481. The number of nitrogens with one attached hydrogen (secondary N) is 2. The maximum atomic E-state index is 12.0. The van der Waals surface area contributed by atoms with Crippen LogP contribution in [0.3, 0.4) is 0 Å². The van der Waals surface area contributed by atoms with Crippen LogP contribution in [0.25, 0.3) is 0 Å². The van der Waals surface area contributed by atoms with Gasteiger partial charge in [0.05, 0.1) is 21.3 Å². The van der Waals surface area contributed by atoms with E-state index in [9.17, 15) is 14.4 Å². The largest absolute Gasteiger partial charge is 0.496 e. The van der Waals surface area contributed by atoms with Crippen LogP contribution in [0.5, 0.6) is 17.2 Å². The minimum atomic E-state index is -0.647. The molecule has 2 rings (SSSR count). The maximum Gasteiger partial charge on any atom is 0.328 e. The van der Waals surface area contributed by atoms with E-state index in [0.29, 0.717) is 22.8 Å². The van der Waals surface area contributed by atoms with Gasteiger partial charge in [-0.15, -0.1) is 0 Å². The molecule has 134 valence electrons. The van der Waals surface area contributed by atoms with Gasteiger partial charge in [0, 0.05) is 30.4 Å². The number of carbonyl (C=O) groups is 1. The molecule has 0 fully saturated rings. The van der Waals surface area contributed by atoms with Crippen molar-refractivity contribution in [3.8, 4) is 17.2 Å². The Morgan fingerprint density at radius 2 is 1.72 bits per heavy atom. The smallest absolute Gasteiger partial charge is 0.328 e. The third-order valence-corrected chi connectivity index (χ3v) is 3.47. The Hall–Kier alpha value is -3.23. The fraction of sp³-hybridized carbons (Fsp3) is 0.312. The Labute approximate surface area is 143 Å². The molecule has 0 saturated heterocycles. The SMILES string of the molecule is COc1cc(OC)c(OC)cc1CNC(=O)Cn1ccc(=O)[nH]c1=O. The predicted octanol–water partition coefficient (Wildman–Crippen LogP) is -0.121. The highest BCUT2D eigenvalue weighted by atomic mass is 16.5. The first-order valence-electron chi connectivity index (χ1n) is 7.33. The Bertz CT molecular complexity index is 871.